The minimum absolute atomic E-state index is 0.425. The van der Waals surface area contributed by atoms with Gasteiger partial charge < -0.3 is 14.2 Å². The van der Waals surface area contributed by atoms with Crippen molar-refractivity contribution in [2.24, 2.45) is 0 Å². The highest BCUT2D eigenvalue weighted by Gasteiger charge is 2.22. The molecule has 1 N–H and O–H groups in total. The van der Waals surface area contributed by atoms with Gasteiger partial charge in [-0.3, -0.25) is 4.90 Å². The lowest BCUT2D eigenvalue weighted by Crippen LogP contribution is -2.45. The van der Waals surface area contributed by atoms with Gasteiger partial charge in [0.15, 0.2) is 10.4 Å². The second kappa shape index (κ2) is 6.72. The number of likely N-dealkylation sites (N-methyl/N-ethyl adjacent to an activating group) is 1. The topological polar surface area (TPSA) is 67.3 Å². The summed E-state index contributed by atoms with van der Waals surface area (Å²) in [5.74, 6) is 1.64. The van der Waals surface area contributed by atoms with E-state index < -0.39 is 0 Å². The van der Waals surface area contributed by atoms with E-state index in [1.165, 1.54) is 12.8 Å². The maximum atomic E-state index is 5.71. The first-order chi connectivity index (χ1) is 10.3. The van der Waals surface area contributed by atoms with Gasteiger partial charge in [-0.15, -0.1) is 10.2 Å². The zero-order valence-electron chi connectivity index (χ0n) is 12.0. The van der Waals surface area contributed by atoms with E-state index in [1.807, 2.05) is 12.1 Å². The quantitative estimate of drug-likeness (QED) is 0.890. The summed E-state index contributed by atoms with van der Waals surface area (Å²) in [4.78, 5) is 2.38. The fraction of sp³-hybridized carbons (Fsp3) is 0.571. The van der Waals surface area contributed by atoms with Crippen LogP contribution in [0.3, 0.4) is 0 Å². The van der Waals surface area contributed by atoms with E-state index in [0.29, 0.717) is 34.8 Å². The zero-order chi connectivity index (χ0) is 14.7. The Labute approximate surface area is 132 Å². The number of nitrogens with one attached hydrogen (secondary N) is 1. The van der Waals surface area contributed by atoms with Crippen molar-refractivity contribution in [3.63, 3.8) is 0 Å². The summed E-state index contributed by atoms with van der Waals surface area (Å²) in [5, 5.41) is 11.6. The van der Waals surface area contributed by atoms with Crippen molar-refractivity contribution in [3.05, 3.63) is 22.7 Å². The Kier molecular flexibility index (Phi) is 4.72. The van der Waals surface area contributed by atoms with Crippen molar-refractivity contribution in [1.29, 1.82) is 0 Å². The summed E-state index contributed by atoms with van der Waals surface area (Å²) in [5.41, 5.74) is 0. The molecule has 1 atom stereocenters. The van der Waals surface area contributed by atoms with Gasteiger partial charge in [-0.05, 0) is 54.0 Å². The van der Waals surface area contributed by atoms with E-state index in [2.05, 4.69) is 43.3 Å². The van der Waals surface area contributed by atoms with Gasteiger partial charge in [0.1, 0.15) is 0 Å². The average molecular weight is 355 g/mol. The first-order valence-corrected chi connectivity index (χ1v) is 8.08. The van der Waals surface area contributed by atoms with Crippen LogP contribution in [0.25, 0.3) is 11.7 Å². The standard InChI is InChI=1S/C14H19BrN4O2/c1-2-19(10-4-3-7-16-8-10)9-13-17-18-14(21-13)11-5-6-12(15)20-11/h5-6,10,16H,2-4,7-9H2,1H3. The monoisotopic (exact) mass is 354 g/mol. The number of furan rings is 1. The third-order valence-corrected chi connectivity index (χ3v) is 4.21. The van der Waals surface area contributed by atoms with Crippen LogP contribution in [-0.2, 0) is 6.54 Å². The molecule has 1 saturated heterocycles. The largest absolute Gasteiger partial charge is 0.444 e. The van der Waals surface area contributed by atoms with Crippen molar-refractivity contribution < 1.29 is 8.83 Å². The van der Waals surface area contributed by atoms with Gasteiger partial charge in [0, 0.05) is 12.6 Å². The Morgan fingerprint density at radius 2 is 2.29 bits per heavy atom. The second-order valence-electron chi connectivity index (χ2n) is 5.17. The Morgan fingerprint density at radius 1 is 1.38 bits per heavy atom. The smallest absolute Gasteiger partial charge is 0.283 e. The molecule has 1 fully saturated rings. The molecule has 114 valence electrons. The first kappa shape index (κ1) is 14.7. The fourth-order valence-corrected chi connectivity index (χ4v) is 2.97. The van der Waals surface area contributed by atoms with E-state index in [1.54, 1.807) is 0 Å². The van der Waals surface area contributed by atoms with E-state index in [4.69, 9.17) is 8.83 Å². The lowest BCUT2D eigenvalue weighted by molar-refractivity contribution is 0.152. The Morgan fingerprint density at radius 3 is 2.95 bits per heavy atom. The number of hydrogen-bond donors (Lipinski definition) is 1. The summed E-state index contributed by atoms with van der Waals surface area (Å²) in [6.07, 6.45) is 2.43. The number of piperidine rings is 1. The molecule has 1 aliphatic rings. The fourth-order valence-electron chi connectivity index (χ4n) is 2.66. The number of hydrogen-bond acceptors (Lipinski definition) is 6. The molecule has 0 radical (unpaired) electrons. The molecule has 1 unspecified atom stereocenters. The van der Waals surface area contributed by atoms with Crippen LogP contribution in [-0.4, -0.2) is 40.8 Å². The Balaban J connectivity index is 1.67. The Hall–Kier alpha value is -1.18. The molecular weight excluding hydrogens is 336 g/mol. The first-order valence-electron chi connectivity index (χ1n) is 7.29. The maximum absolute atomic E-state index is 5.71. The van der Waals surface area contributed by atoms with E-state index in [0.717, 1.165) is 19.6 Å². The van der Waals surface area contributed by atoms with Gasteiger partial charge in [0.25, 0.3) is 5.89 Å². The summed E-state index contributed by atoms with van der Waals surface area (Å²) >= 11 is 3.27. The van der Waals surface area contributed by atoms with Crippen molar-refractivity contribution in [1.82, 2.24) is 20.4 Å². The molecule has 0 aromatic carbocycles. The maximum Gasteiger partial charge on any atom is 0.283 e. The third-order valence-electron chi connectivity index (χ3n) is 3.78. The summed E-state index contributed by atoms with van der Waals surface area (Å²) in [6, 6.07) is 4.16. The molecule has 0 aliphatic carbocycles. The van der Waals surface area contributed by atoms with Crippen molar-refractivity contribution in [2.75, 3.05) is 19.6 Å². The number of rotatable bonds is 5. The lowest BCUT2D eigenvalue weighted by atomic mass is 10.1. The van der Waals surface area contributed by atoms with Gasteiger partial charge in [0.05, 0.1) is 6.54 Å². The molecule has 6 nitrogen and oxygen atoms in total. The van der Waals surface area contributed by atoms with Crippen LogP contribution in [0.4, 0.5) is 0 Å². The normalized spacial score (nSPS) is 19.3. The molecule has 0 saturated carbocycles. The van der Waals surface area contributed by atoms with Crippen LogP contribution in [0.2, 0.25) is 0 Å². The van der Waals surface area contributed by atoms with E-state index in [-0.39, 0.29) is 0 Å². The Bertz CT molecular complexity index is 577. The highest BCUT2D eigenvalue weighted by atomic mass is 79.9. The van der Waals surface area contributed by atoms with Crippen LogP contribution in [0.5, 0.6) is 0 Å². The van der Waals surface area contributed by atoms with Crippen LogP contribution < -0.4 is 5.32 Å². The average Bonchev–Trinajstić information content (AvgIpc) is 3.14. The van der Waals surface area contributed by atoms with Crippen molar-refractivity contribution in [2.45, 2.75) is 32.4 Å². The molecule has 3 rings (SSSR count). The molecule has 0 amide bonds. The van der Waals surface area contributed by atoms with Gasteiger partial charge in [-0.25, -0.2) is 0 Å². The second-order valence-corrected chi connectivity index (χ2v) is 5.95. The highest BCUT2D eigenvalue weighted by Crippen LogP contribution is 2.24. The molecule has 21 heavy (non-hydrogen) atoms. The van der Waals surface area contributed by atoms with Gasteiger partial charge in [0.2, 0.25) is 5.89 Å². The minimum Gasteiger partial charge on any atom is -0.444 e. The summed E-state index contributed by atoms with van der Waals surface area (Å²) in [7, 11) is 0. The lowest BCUT2D eigenvalue weighted by Gasteiger charge is -2.32. The molecule has 2 aromatic rings. The highest BCUT2D eigenvalue weighted by molar-refractivity contribution is 9.10. The molecule has 1 aliphatic heterocycles. The van der Waals surface area contributed by atoms with Crippen LogP contribution >= 0.6 is 15.9 Å². The van der Waals surface area contributed by atoms with Crippen molar-refractivity contribution >= 4 is 15.9 Å². The van der Waals surface area contributed by atoms with Crippen LogP contribution in [0.1, 0.15) is 25.7 Å². The third kappa shape index (κ3) is 3.53. The van der Waals surface area contributed by atoms with Crippen LogP contribution in [0, 0.1) is 0 Å². The predicted molar refractivity (Wildman–Crippen MR) is 81.7 cm³/mol. The summed E-state index contributed by atoms with van der Waals surface area (Å²) in [6.45, 7) is 5.95. The number of halogens is 1. The molecule has 0 bridgehead atoms. The summed E-state index contributed by atoms with van der Waals surface area (Å²) < 4.78 is 11.8. The van der Waals surface area contributed by atoms with Crippen LogP contribution in [0.15, 0.2) is 25.6 Å². The SMILES string of the molecule is CCN(Cc1nnc(-c2ccc(Br)o2)o1)C1CCCNC1. The number of nitrogens with zero attached hydrogens (tertiary/aromatic N) is 3. The van der Waals surface area contributed by atoms with E-state index in [9.17, 15) is 0 Å². The van der Waals surface area contributed by atoms with Gasteiger partial charge in [-0.2, -0.15) is 0 Å². The molecule has 0 spiro atoms. The van der Waals surface area contributed by atoms with Gasteiger partial charge in [-0.1, -0.05) is 6.92 Å². The van der Waals surface area contributed by atoms with E-state index >= 15 is 0 Å². The molecule has 2 aromatic heterocycles. The molecule has 3 heterocycles. The minimum atomic E-state index is 0.425. The number of aromatic nitrogens is 2. The predicted octanol–water partition coefficient (Wildman–Crippen LogP) is 2.67. The zero-order valence-corrected chi connectivity index (χ0v) is 13.6. The molecular formula is C14H19BrN4O2. The van der Waals surface area contributed by atoms with Gasteiger partial charge >= 0.3 is 0 Å². The molecule has 7 heteroatoms. The van der Waals surface area contributed by atoms with Crippen molar-refractivity contribution in [3.8, 4) is 11.7 Å².